The van der Waals surface area contributed by atoms with Crippen LogP contribution >= 0.6 is 0 Å². The van der Waals surface area contributed by atoms with E-state index in [1.807, 2.05) is 0 Å². The second kappa shape index (κ2) is 13.3. The fraction of sp³-hybridized carbons (Fsp3) is 0.810. The van der Waals surface area contributed by atoms with Gasteiger partial charge in [0.05, 0.1) is 12.1 Å². The van der Waals surface area contributed by atoms with E-state index in [4.69, 9.17) is 11.5 Å². The summed E-state index contributed by atoms with van der Waals surface area (Å²) in [6.45, 7) is 5.70. The van der Waals surface area contributed by atoms with E-state index in [-0.39, 0.29) is 11.8 Å². The molecular weight excluding hydrogens is 418 g/mol. The van der Waals surface area contributed by atoms with E-state index < -0.39 is 48.1 Å². The fourth-order valence-electron chi connectivity index (χ4n) is 3.73. The maximum atomic E-state index is 12.9. The minimum absolute atomic E-state index is 0.333. The van der Waals surface area contributed by atoms with Crippen LogP contribution in [-0.4, -0.2) is 82.2 Å². The summed E-state index contributed by atoms with van der Waals surface area (Å²) < 4.78 is 0. The van der Waals surface area contributed by atoms with Gasteiger partial charge >= 0.3 is 5.97 Å². The predicted molar refractivity (Wildman–Crippen MR) is 118 cm³/mol. The number of carboxylic acids is 1. The number of nitrogens with one attached hydrogen (secondary N) is 2. The number of hydrogen-bond donors (Lipinski definition) is 6. The van der Waals surface area contributed by atoms with E-state index >= 15 is 0 Å². The Morgan fingerprint density at radius 2 is 1.78 bits per heavy atom. The first-order valence-electron chi connectivity index (χ1n) is 11.3. The number of unbranched alkanes of at least 4 members (excludes halogenated alkanes) is 1. The van der Waals surface area contributed by atoms with E-state index in [0.717, 1.165) is 6.42 Å². The minimum Gasteiger partial charge on any atom is -0.480 e. The lowest BCUT2D eigenvalue weighted by Gasteiger charge is -2.30. The Balaban J connectivity index is 2.85. The fourth-order valence-corrected chi connectivity index (χ4v) is 3.73. The van der Waals surface area contributed by atoms with Crippen LogP contribution in [0.2, 0.25) is 0 Å². The van der Waals surface area contributed by atoms with Crippen LogP contribution in [-0.2, 0) is 19.2 Å². The van der Waals surface area contributed by atoms with Crippen LogP contribution in [0.5, 0.6) is 0 Å². The molecule has 0 aromatic carbocycles. The number of aliphatic carboxylic acids is 1. The van der Waals surface area contributed by atoms with Crippen LogP contribution < -0.4 is 22.1 Å². The van der Waals surface area contributed by atoms with Gasteiger partial charge in [-0.3, -0.25) is 14.4 Å². The number of carbonyl (C=O) groups is 4. The monoisotopic (exact) mass is 457 g/mol. The van der Waals surface area contributed by atoms with Crippen molar-refractivity contribution in [3.63, 3.8) is 0 Å². The molecule has 1 fully saturated rings. The van der Waals surface area contributed by atoms with Gasteiger partial charge in [0.2, 0.25) is 17.7 Å². The van der Waals surface area contributed by atoms with Crippen molar-refractivity contribution in [3.8, 4) is 0 Å². The minimum atomic E-state index is -1.36. The van der Waals surface area contributed by atoms with Gasteiger partial charge in [0.15, 0.2) is 0 Å². The molecule has 1 rings (SSSR count). The molecule has 6 atom stereocenters. The number of hydrogen-bond acceptors (Lipinski definition) is 7. The molecule has 11 heteroatoms. The number of rotatable bonds is 13. The first-order valence-corrected chi connectivity index (χ1v) is 11.3. The molecule has 1 saturated heterocycles. The zero-order valence-corrected chi connectivity index (χ0v) is 19.3. The normalized spacial score (nSPS) is 20.7. The Kier molecular flexibility index (Phi) is 11.6. The molecular formula is C21H39N5O6. The van der Waals surface area contributed by atoms with Crippen LogP contribution in [0.25, 0.3) is 0 Å². The quantitative estimate of drug-likeness (QED) is 0.188. The molecule has 0 spiro atoms. The molecule has 32 heavy (non-hydrogen) atoms. The van der Waals surface area contributed by atoms with Crippen molar-refractivity contribution >= 4 is 23.7 Å². The molecule has 1 aliphatic rings. The number of aliphatic hydroxyl groups is 1. The van der Waals surface area contributed by atoms with E-state index in [1.165, 1.54) is 11.8 Å². The summed E-state index contributed by atoms with van der Waals surface area (Å²) in [5.74, 6) is -3.25. The van der Waals surface area contributed by atoms with Crippen LogP contribution in [0.3, 0.4) is 0 Å². The number of carboxylic acid groups (broad SMARTS) is 1. The average Bonchev–Trinajstić information content (AvgIpc) is 3.23. The van der Waals surface area contributed by atoms with Gasteiger partial charge in [-0.05, 0) is 45.1 Å². The number of nitrogens with two attached hydrogens (primary N) is 2. The maximum absolute atomic E-state index is 12.9. The molecule has 8 N–H and O–H groups in total. The summed E-state index contributed by atoms with van der Waals surface area (Å²) in [6, 6.07) is -4.05. The van der Waals surface area contributed by atoms with Crippen LogP contribution in [0.4, 0.5) is 0 Å². The number of nitrogens with zero attached hydrogens (tertiary/aromatic N) is 1. The van der Waals surface area contributed by atoms with Crippen LogP contribution in [0.15, 0.2) is 0 Å². The first-order chi connectivity index (χ1) is 15.0. The number of carbonyl (C=O) groups excluding carboxylic acids is 3. The maximum Gasteiger partial charge on any atom is 0.326 e. The van der Waals surface area contributed by atoms with Gasteiger partial charge in [0.25, 0.3) is 0 Å². The van der Waals surface area contributed by atoms with Crippen LogP contribution in [0, 0.1) is 5.92 Å². The van der Waals surface area contributed by atoms with Crippen molar-refractivity contribution in [1.29, 1.82) is 0 Å². The van der Waals surface area contributed by atoms with E-state index in [2.05, 4.69) is 10.6 Å². The highest BCUT2D eigenvalue weighted by molar-refractivity contribution is 5.94. The van der Waals surface area contributed by atoms with Gasteiger partial charge in [-0.25, -0.2) is 4.79 Å². The lowest BCUT2D eigenvalue weighted by Crippen LogP contribution is -2.60. The molecule has 0 radical (unpaired) electrons. The van der Waals surface area contributed by atoms with Gasteiger partial charge in [0, 0.05) is 6.54 Å². The summed E-state index contributed by atoms with van der Waals surface area (Å²) in [6.07, 6.45) is 2.20. The standard InChI is InChI=1S/C21H39N5O6/c1-4-12(2)16(21(31)32)24-19(29)17(13(3)27)25-18(28)15-9-7-11-26(15)20(30)14(23)8-5-6-10-22/h12-17,27H,4-11,22-23H2,1-3H3,(H,24,29)(H,25,28)(H,31,32). The van der Waals surface area contributed by atoms with Crippen molar-refractivity contribution < 1.29 is 29.4 Å². The summed E-state index contributed by atoms with van der Waals surface area (Å²) in [5.41, 5.74) is 11.5. The molecule has 1 aliphatic heterocycles. The Hall–Kier alpha value is -2.24. The Bertz CT molecular complexity index is 659. The summed E-state index contributed by atoms with van der Waals surface area (Å²) in [4.78, 5) is 51.2. The lowest BCUT2D eigenvalue weighted by molar-refractivity contribution is -0.145. The molecule has 3 amide bonds. The third-order valence-electron chi connectivity index (χ3n) is 5.96. The Morgan fingerprint density at radius 3 is 2.31 bits per heavy atom. The van der Waals surface area contributed by atoms with Crippen molar-refractivity contribution in [2.75, 3.05) is 13.1 Å². The lowest BCUT2D eigenvalue weighted by atomic mass is 9.98. The molecule has 1 heterocycles. The number of amides is 3. The molecule has 11 nitrogen and oxygen atoms in total. The molecule has 6 unspecified atom stereocenters. The van der Waals surface area contributed by atoms with E-state index in [9.17, 15) is 29.4 Å². The van der Waals surface area contributed by atoms with Crippen molar-refractivity contribution in [2.24, 2.45) is 17.4 Å². The van der Waals surface area contributed by atoms with Gasteiger partial charge in [-0.2, -0.15) is 0 Å². The SMILES string of the molecule is CCC(C)C(NC(=O)C(NC(=O)C1CCCN1C(=O)C(N)CCCCN)C(C)O)C(=O)O. The third-order valence-corrected chi connectivity index (χ3v) is 5.96. The number of aliphatic hydroxyl groups excluding tert-OH is 1. The third kappa shape index (κ3) is 7.72. The summed E-state index contributed by atoms with van der Waals surface area (Å²) in [7, 11) is 0. The van der Waals surface area contributed by atoms with Gasteiger partial charge in [0.1, 0.15) is 18.1 Å². The summed E-state index contributed by atoms with van der Waals surface area (Å²) in [5, 5.41) is 24.4. The highest BCUT2D eigenvalue weighted by Crippen LogP contribution is 2.20. The molecule has 0 saturated carbocycles. The highest BCUT2D eigenvalue weighted by atomic mass is 16.4. The second-order valence-electron chi connectivity index (χ2n) is 8.52. The Morgan fingerprint density at radius 1 is 1.12 bits per heavy atom. The largest absolute Gasteiger partial charge is 0.480 e. The van der Waals surface area contributed by atoms with Gasteiger partial charge < -0.3 is 37.2 Å². The van der Waals surface area contributed by atoms with Crippen molar-refractivity contribution in [2.45, 2.75) is 89.6 Å². The molecule has 0 aromatic heterocycles. The Labute approximate surface area is 189 Å². The molecule has 0 aliphatic carbocycles. The molecule has 0 bridgehead atoms. The highest BCUT2D eigenvalue weighted by Gasteiger charge is 2.39. The zero-order chi connectivity index (χ0) is 24.4. The zero-order valence-electron chi connectivity index (χ0n) is 19.3. The average molecular weight is 458 g/mol. The molecule has 184 valence electrons. The van der Waals surface area contributed by atoms with Crippen LogP contribution in [0.1, 0.15) is 59.3 Å². The van der Waals surface area contributed by atoms with Crippen molar-refractivity contribution in [3.05, 3.63) is 0 Å². The molecule has 0 aromatic rings. The van der Waals surface area contributed by atoms with Gasteiger partial charge in [-0.1, -0.05) is 26.7 Å². The smallest absolute Gasteiger partial charge is 0.326 e. The summed E-state index contributed by atoms with van der Waals surface area (Å²) >= 11 is 0. The van der Waals surface area contributed by atoms with E-state index in [1.54, 1.807) is 13.8 Å². The van der Waals surface area contributed by atoms with Gasteiger partial charge in [-0.15, -0.1) is 0 Å². The topological polar surface area (TPSA) is 188 Å². The van der Waals surface area contributed by atoms with E-state index in [0.29, 0.717) is 45.2 Å². The second-order valence-corrected chi connectivity index (χ2v) is 8.52. The number of likely N-dealkylation sites (tertiary alicyclic amines) is 1. The predicted octanol–water partition coefficient (Wildman–Crippen LogP) is -1.09. The van der Waals surface area contributed by atoms with Crippen molar-refractivity contribution in [1.82, 2.24) is 15.5 Å². The first kappa shape index (κ1) is 27.8.